The highest BCUT2D eigenvalue weighted by atomic mass is 19.4. The van der Waals surface area contributed by atoms with Crippen LogP contribution in [0.1, 0.15) is 41.0 Å². The molecule has 2 heterocycles. The number of ether oxygens (including phenoxy) is 1. The number of benzene rings is 1. The maximum absolute atomic E-state index is 12.6. The Morgan fingerprint density at radius 1 is 1.26 bits per heavy atom. The monoisotopic (exact) mass is 380 g/mol. The molecule has 0 aliphatic carbocycles. The molecule has 27 heavy (non-hydrogen) atoms. The third-order valence-corrected chi connectivity index (χ3v) is 3.62. The Labute approximate surface area is 151 Å². The summed E-state index contributed by atoms with van der Waals surface area (Å²) in [7, 11) is 0. The van der Waals surface area contributed by atoms with Gasteiger partial charge in [0.1, 0.15) is 0 Å². The number of rotatable bonds is 6. The van der Waals surface area contributed by atoms with Crippen LogP contribution in [-0.2, 0) is 23.9 Å². The SMILES string of the molecule is CCCc1cc(C(=O)OCc2nc(-c3ccc(C(F)(F)F)cc3)no2)n[nH]1. The molecular weight excluding hydrogens is 365 g/mol. The maximum atomic E-state index is 12.6. The van der Waals surface area contributed by atoms with Crippen LogP contribution in [0.15, 0.2) is 34.9 Å². The molecule has 0 fully saturated rings. The molecule has 3 aromatic rings. The number of hydrogen-bond donors (Lipinski definition) is 1. The van der Waals surface area contributed by atoms with Crippen LogP contribution in [-0.4, -0.2) is 26.3 Å². The second-order valence-corrected chi connectivity index (χ2v) is 5.69. The number of alkyl halides is 3. The van der Waals surface area contributed by atoms with E-state index in [0.717, 1.165) is 30.7 Å². The minimum Gasteiger partial charge on any atom is -0.451 e. The fourth-order valence-electron chi connectivity index (χ4n) is 2.30. The van der Waals surface area contributed by atoms with Crippen molar-refractivity contribution in [1.82, 2.24) is 20.3 Å². The van der Waals surface area contributed by atoms with Crippen LogP contribution >= 0.6 is 0 Å². The molecule has 3 rings (SSSR count). The summed E-state index contributed by atoms with van der Waals surface area (Å²) in [6.07, 6.45) is -2.75. The predicted octanol–water partition coefficient (Wildman–Crippen LogP) is 3.79. The van der Waals surface area contributed by atoms with Gasteiger partial charge in [-0.15, -0.1) is 0 Å². The summed E-state index contributed by atoms with van der Waals surface area (Å²) >= 11 is 0. The Morgan fingerprint density at radius 3 is 2.67 bits per heavy atom. The van der Waals surface area contributed by atoms with Gasteiger partial charge >= 0.3 is 12.1 Å². The van der Waals surface area contributed by atoms with Crippen molar-refractivity contribution in [2.75, 3.05) is 0 Å². The van der Waals surface area contributed by atoms with Crippen molar-refractivity contribution in [2.24, 2.45) is 0 Å². The number of nitrogens with zero attached hydrogens (tertiary/aromatic N) is 3. The first-order valence-electron chi connectivity index (χ1n) is 8.08. The highest BCUT2D eigenvalue weighted by Crippen LogP contribution is 2.30. The molecule has 0 saturated carbocycles. The molecule has 0 spiro atoms. The third kappa shape index (κ3) is 4.52. The first kappa shape index (κ1) is 18.6. The number of carbonyl (C=O) groups is 1. The van der Waals surface area contributed by atoms with Crippen LogP contribution in [0.25, 0.3) is 11.4 Å². The molecule has 0 amide bonds. The Bertz CT molecular complexity index is 916. The molecule has 0 saturated heterocycles. The number of aromatic amines is 1. The summed E-state index contributed by atoms with van der Waals surface area (Å²) < 4.78 is 47.8. The number of aromatic nitrogens is 4. The van der Waals surface area contributed by atoms with Gasteiger partial charge in [0.2, 0.25) is 5.82 Å². The average molecular weight is 380 g/mol. The summed E-state index contributed by atoms with van der Waals surface area (Å²) in [5, 5.41) is 10.3. The quantitative estimate of drug-likeness (QED) is 0.654. The molecule has 0 bridgehead atoms. The number of nitrogens with one attached hydrogen (secondary N) is 1. The molecule has 0 radical (unpaired) electrons. The highest BCUT2D eigenvalue weighted by Gasteiger charge is 2.30. The molecule has 0 unspecified atom stereocenters. The summed E-state index contributed by atoms with van der Waals surface area (Å²) in [6, 6.07) is 5.94. The Morgan fingerprint density at radius 2 is 2.00 bits per heavy atom. The van der Waals surface area contributed by atoms with Gasteiger partial charge in [0.05, 0.1) is 5.56 Å². The van der Waals surface area contributed by atoms with Crippen LogP contribution < -0.4 is 0 Å². The second kappa shape index (κ2) is 7.60. The smallest absolute Gasteiger partial charge is 0.416 e. The number of hydrogen-bond acceptors (Lipinski definition) is 6. The molecule has 10 heteroatoms. The molecule has 7 nitrogen and oxygen atoms in total. The molecular formula is C17H15F3N4O3. The molecule has 1 N–H and O–H groups in total. The van der Waals surface area contributed by atoms with Gasteiger partial charge in [-0.2, -0.15) is 23.3 Å². The van der Waals surface area contributed by atoms with Gasteiger partial charge in [-0.25, -0.2) is 4.79 Å². The minimum atomic E-state index is -4.42. The summed E-state index contributed by atoms with van der Waals surface area (Å²) in [6.45, 7) is 1.73. The van der Waals surface area contributed by atoms with Crippen LogP contribution in [0, 0.1) is 0 Å². The van der Waals surface area contributed by atoms with Crippen molar-refractivity contribution in [1.29, 1.82) is 0 Å². The lowest BCUT2D eigenvalue weighted by Gasteiger charge is -2.05. The first-order chi connectivity index (χ1) is 12.9. The summed E-state index contributed by atoms with van der Waals surface area (Å²) in [4.78, 5) is 16.0. The van der Waals surface area contributed by atoms with Gasteiger partial charge in [0.15, 0.2) is 12.3 Å². The predicted molar refractivity (Wildman–Crippen MR) is 86.4 cm³/mol. The van der Waals surface area contributed by atoms with Crippen LogP contribution in [0.2, 0.25) is 0 Å². The van der Waals surface area contributed by atoms with Crippen LogP contribution in [0.3, 0.4) is 0 Å². The van der Waals surface area contributed by atoms with Crippen molar-refractivity contribution in [2.45, 2.75) is 32.5 Å². The highest BCUT2D eigenvalue weighted by molar-refractivity contribution is 5.87. The van der Waals surface area contributed by atoms with E-state index in [-0.39, 0.29) is 24.0 Å². The molecule has 0 atom stereocenters. The zero-order chi connectivity index (χ0) is 19.4. The van der Waals surface area contributed by atoms with E-state index in [1.807, 2.05) is 6.92 Å². The van der Waals surface area contributed by atoms with Gasteiger partial charge in [-0.3, -0.25) is 5.10 Å². The first-order valence-corrected chi connectivity index (χ1v) is 8.08. The lowest BCUT2D eigenvalue weighted by molar-refractivity contribution is -0.137. The van der Waals surface area contributed by atoms with E-state index in [1.54, 1.807) is 6.07 Å². The van der Waals surface area contributed by atoms with Gasteiger partial charge in [0.25, 0.3) is 5.89 Å². The lowest BCUT2D eigenvalue weighted by atomic mass is 10.1. The van der Waals surface area contributed by atoms with Crippen molar-refractivity contribution >= 4 is 5.97 Å². The molecule has 0 aliphatic heterocycles. The Kier molecular flexibility index (Phi) is 5.24. The summed E-state index contributed by atoms with van der Waals surface area (Å²) in [5.74, 6) is -0.537. The largest absolute Gasteiger partial charge is 0.451 e. The Hall–Kier alpha value is -3.17. The van der Waals surface area contributed by atoms with Gasteiger partial charge < -0.3 is 9.26 Å². The second-order valence-electron chi connectivity index (χ2n) is 5.69. The fraction of sp³-hybridized carbons (Fsp3) is 0.294. The van der Waals surface area contributed by atoms with Crippen molar-refractivity contribution in [3.05, 3.63) is 53.2 Å². The number of aryl methyl sites for hydroxylation is 1. The zero-order valence-corrected chi connectivity index (χ0v) is 14.2. The summed E-state index contributed by atoms with van der Waals surface area (Å²) in [5.41, 5.74) is 0.541. The van der Waals surface area contributed by atoms with E-state index in [4.69, 9.17) is 9.26 Å². The number of H-pyrrole nitrogens is 1. The van der Waals surface area contributed by atoms with E-state index in [2.05, 4.69) is 20.3 Å². The average Bonchev–Trinajstić information content (AvgIpc) is 3.29. The topological polar surface area (TPSA) is 93.9 Å². The molecule has 0 aliphatic rings. The van der Waals surface area contributed by atoms with E-state index in [1.165, 1.54) is 12.1 Å². The van der Waals surface area contributed by atoms with Gasteiger partial charge in [-0.05, 0) is 24.6 Å². The van der Waals surface area contributed by atoms with Gasteiger partial charge in [-0.1, -0.05) is 30.6 Å². The van der Waals surface area contributed by atoms with E-state index < -0.39 is 17.7 Å². The maximum Gasteiger partial charge on any atom is 0.416 e. The fourth-order valence-corrected chi connectivity index (χ4v) is 2.30. The van der Waals surface area contributed by atoms with Gasteiger partial charge in [0, 0.05) is 11.3 Å². The molecule has 2 aromatic heterocycles. The third-order valence-electron chi connectivity index (χ3n) is 3.62. The van der Waals surface area contributed by atoms with Crippen molar-refractivity contribution in [3.8, 4) is 11.4 Å². The number of halogens is 3. The number of carbonyl (C=O) groups excluding carboxylic acids is 1. The zero-order valence-electron chi connectivity index (χ0n) is 14.2. The Balaban J connectivity index is 1.61. The number of esters is 1. The lowest BCUT2D eigenvalue weighted by Crippen LogP contribution is -2.06. The van der Waals surface area contributed by atoms with Crippen LogP contribution in [0.5, 0.6) is 0 Å². The van der Waals surface area contributed by atoms with E-state index >= 15 is 0 Å². The van der Waals surface area contributed by atoms with E-state index in [0.29, 0.717) is 5.56 Å². The standard InChI is InChI=1S/C17H15F3N4O3/c1-2-3-12-8-13(23-22-12)16(25)26-9-14-21-15(24-27-14)10-4-6-11(7-5-10)17(18,19)20/h4-8H,2-3,9H2,1H3,(H,22,23). The van der Waals surface area contributed by atoms with E-state index in [9.17, 15) is 18.0 Å². The molecule has 142 valence electrons. The minimum absolute atomic E-state index is 0.0163. The molecule has 1 aromatic carbocycles. The normalized spacial score (nSPS) is 11.6. The van der Waals surface area contributed by atoms with Crippen molar-refractivity contribution in [3.63, 3.8) is 0 Å². The van der Waals surface area contributed by atoms with Crippen LogP contribution in [0.4, 0.5) is 13.2 Å². The van der Waals surface area contributed by atoms with Crippen molar-refractivity contribution < 1.29 is 27.2 Å².